The molecule has 8 nitrogen and oxygen atoms in total. The van der Waals surface area contributed by atoms with Crippen LogP contribution in [0.2, 0.25) is 0 Å². The number of nitrogens with zero attached hydrogens (tertiary/aromatic N) is 6. The van der Waals surface area contributed by atoms with E-state index in [2.05, 4.69) is 52.2 Å². The monoisotopic (exact) mass is 510 g/mol. The van der Waals surface area contributed by atoms with Crippen LogP contribution in [0.1, 0.15) is 37.5 Å². The number of hydrogen-bond acceptors (Lipinski definition) is 7. The topological polar surface area (TPSA) is 89.9 Å². The third-order valence-electron chi connectivity index (χ3n) is 6.89. The summed E-state index contributed by atoms with van der Waals surface area (Å²) in [4.78, 5) is 9.59. The fourth-order valence-corrected chi connectivity index (χ4v) is 4.74. The molecule has 4 aromatic rings. The average molecular weight is 511 g/mol. The Labute approximate surface area is 223 Å². The molecule has 1 N–H and O–H groups in total. The summed E-state index contributed by atoms with van der Waals surface area (Å²) in [5.41, 5.74) is 4.64. The number of aryl methyl sites for hydroxylation is 1. The number of benzene rings is 1. The average Bonchev–Trinajstić information content (AvgIpc) is 3.35. The summed E-state index contributed by atoms with van der Waals surface area (Å²) in [6, 6.07) is 17.1. The van der Waals surface area contributed by atoms with Crippen molar-refractivity contribution in [2.75, 3.05) is 37.7 Å². The zero-order valence-corrected chi connectivity index (χ0v) is 22.3. The van der Waals surface area contributed by atoms with Crippen molar-refractivity contribution in [2.45, 2.75) is 39.3 Å². The van der Waals surface area contributed by atoms with Gasteiger partial charge in [-0.2, -0.15) is 10.4 Å². The minimum Gasteiger partial charge on any atom is -0.489 e. The molecule has 1 aliphatic rings. The SMILES string of the molecule is CCc1ccc(CN2CCN(c3ccc(-c4cc(OCC(C)(C)O)cn5ncc(C#N)c45)cn3)CC2)cc1. The molecule has 38 heavy (non-hydrogen) atoms. The van der Waals surface area contributed by atoms with Crippen LogP contribution in [0.3, 0.4) is 0 Å². The Morgan fingerprint density at radius 2 is 1.76 bits per heavy atom. The molecule has 5 rings (SSSR count). The van der Waals surface area contributed by atoms with Gasteiger partial charge in [0.25, 0.3) is 0 Å². The quantitative estimate of drug-likeness (QED) is 0.378. The Balaban J connectivity index is 1.30. The fourth-order valence-electron chi connectivity index (χ4n) is 4.74. The highest BCUT2D eigenvalue weighted by Crippen LogP contribution is 2.31. The molecule has 196 valence electrons. The molecule has 1 aromatic carbocycles. The number of pyridine rings is 2. The van der Waals surface area contributed by atoms with Gasteiger partial charge in [-0.3, -0.25) is 4.90 Å². The second kappa shape index (κ2) is 10.8. The highest BCUT2D eigenvalue weighted by Gasteiger charge is 2.20. The molecule has 0 saturated carbocycles. The highest BCUT2D eigenvalue weighted by atomic mass is 16.5. The van der Waals surface area contributed by atoms with E-state index in [-0.39, 0.29) is 6.61 Å². The van der Waals surface area contributed by atoms with E-state index in [1.807, 2.05) is 24.4 Å². The van der Waals surface area contributed by atoms with Gasteiger partial charge in [0, 0.05) is 50.0 Å². The van der Waals surface area contributed by atoms with Gasteiger partial charge < -0.3 is 14.7 Å². The van der Waals surface area contributed by atoms with Crippen LogP contribution in [0.15, 0.2) is 61.1 Å². The lowest BCUT2D eigenvalue weighted by Gasteiger charge is -2.35. The maximum atomic E-state index is 10.1. The lowest BCUT2D eigenvalue weighted by Crippen LogP contribution is -2.46. The number of rotatable bonds is 8. The number of hydrogen-bond donors (Lipinski definition) is 1. The molecule has 0 amide bonds. The molecule has 0 aliphatic carbocycles. The molecular weight excluding hydrogens is 476 g/mol. The fraction of sp³-hybridized carbons (Fsp3) is 0.367. The first-order chi connectivity index (χ1) is 18.3. The molecule has 0 unspecified atom stereocenters. The Morgan fingerprint density at radius 1 is 1.03 bits per heavy atom. The highest BCUT2D eigenvalue weighted by molar-refractivity contribution is 5.85. The van der Waals surface area contributed by atoms with E-state index in [0.717, 1.165) is 56.1 Å². The Kier molecular flexibility index (Phi) is 7.32. The van der Waals surface area contributed by atoms with Gasteiger partial charge in [-0.25, -0.2) is 9.50 Å². The lowest BCUT2D eigenvalue weighted by molar-refractivity contribution is 0.0283. The number of aromatic nitrogens is 3. The standard InChI is InChI=1S/C30H34N6O2/c1-4-22-5-7-23(8-6-22)19-34-11-13-35(14-12-34)28-10-9-24(17-32-28)27-15-26(38-21-30(2,3)37)20-36-29(27)25(16-31)18-33-36/h5-10,15,17-18,20,37H,4,11-14,19,21H2,1-3H3. The second-order valence-electron chi connectivity index (χ2n) is 10.5. The van der Waals surface area contributed by atoms with E-state index in [1.54, 1.807) is 30.8 Å². The van der Waals surface area contributed by atoms with Crippen LogP contribution in [0.4, 0.5) is 5.82 Å². The summed E-state index contributed by atoms with van der Waals surface area (Å²) in [7, 11) is 0. The van der Waals surface area contributed by atoms with Crippen molar-refractivity contribution in [2.24, 2.45) is 0 Å². The van der Waals surface area contributed by atoms with Crippen molar-refractivity contribution in [1.29, 1.82) is 5.26 Å². The van der Waals surface area contributed by atoms with Gasteiger partial charge in [0.2, 0.25) is 0 Å². The molecule has 1 fully saturated rings. The second-order valence-corrected chi connectivity index (χ2v) is 10.5. The Hall–Kier alpha value is -3.93. The van der Waals surface area contributed by atoms with Gasteiger partial charge in [0.1, 0.15) is 24.2 Å². The molecule has 0 radical (unpaired) electrons. The largest absolute Gasteiger partial charge is 0.489 e. The van der Waals surface area contributed by atoms with Crippen LogP contribution in [-0.4, -0.2) is 63.0 Å². The summed E-state index contributed by atoms with van der Waals surface area (Å²) >= 11 is 0. The third kappa shape index (κ3) is 5.80. The molecule has 0 atom stereocenters. The summed E-state index contributed by atoms with van der Waals surface area (Å²) in [6.07, 6.45) is 6.20. The first-order valence-corrected chi connectivity index (χ1v) is 13.1. The van der Waals surface area contributed by atoms with Crippen LogP contribution >= 0.6 is 0 Å². The molecular formula is C30H34N6O2. The van der Waals surface area contributed by atoms with E-state index in [4.69, 9.17) is 9.72 Å². The van der Waals surface area contributed by atoms with Gasteiger partial charge in [0.05, 0.1) is 29.1 Å². The van der Waals surface area contributed by atoms with Crippen LogP contribution < -0.4 is 9.64 Å². The van der Waals surface area contributed by atoms with Crippen molar-refractivity contribution in [3.05, 3.63) is 77.7 Å². The number of ether oxygens (including phenoxy) is 1. The predicted octanol–water partition coefficient (Wildman–Crippen LogP) is 4.30. The van der Waals surface area contributed by atoms with Crippen molar-refractivity contribution >= 4 is 11.3 Å². The lowest BCUT2D eigenvalue weighted by atomic mass is 10.1. The maximum Gasteiger partial charge on any atom is 0.138 e. The summed E-state index contributed by atoms with van der Waals surface area (Å²) in [5, 5.41) is 24.0. The Morgan fingerprint density at radius 3 is 2.39 bits per heavy atom. The minimum absolute atomic E-state index is 0.136. The molecule has 1 aliphatic heterocycles. The third-order valence-corrected chi connectivity index (χ3v) is 6.89. The number of nitriles is 1. The molecule has 4 heterocycles. The van der Waals surface area contributed by atoms with E-state index in [1.165, 1.54) is 11.1 Å². The number of anilines is 1. The number of aliphatic hydroxyl groups is 1. The van der Waals surface area contributed by atoms with E-state index in [9.17, 15) is 10.4 Å². The minimum atomic E-state index is -0.968. The summed E-state index contributed by atoms with van der Waals surface area (Å²) in [6.45, 7) is 10.5. The van der Waals surface area contributed by atoms with Gasteiger partial charge in [-0.05, 0) is 49.6 Å². The molecule has 1 saturated heterocycles. The maximum absolute atomic E-state index is 10.1. The van der Waals surface area contributed by atoms with Gasteiger partial charge in [-0.1, -0.05) is 31.2 Å². The molecule has 3 aromatic heterocycles. The van der Waals surface area contributed by atoms with Crippen LogP contribution in [0.25, 0.3) is 16.6 Å². The first-order valence-electron chi connectivity index (χ1n) is 13.1. The van der Waals surface area contributed by atoms with Crippen LogP contribution in [0, 0.1) is 11.3 Å². The normalized spacial score (nSPS) is 14.6. The zero-order chi connectivity index (χ0) is 26.7. The van der Waals surface area contributed by atoms with Crippen molar-refractivity contribution < 1.29 is 9.84 Å². The first kappa shape index (κ1) is 25.7. The molecule has 0 spiro atoms. The summed E-state index contributed by atoms with van der Waals surface area (Å²) < 4.78 is 7.49. The van der Waals surface area contributed by atoms with Crippen molar-refractivity contribution in [1.82, 2.24) is 19.5 Å². The van der Waals surface area contributed by atoms with Crippen molar-refractivity contribution in [3.8, 4) is 22.9 Å². The van der Waals surface area contributed by atoms with Gasteiger partial charge in [-0.15, -0.1) is 0 Å². The zero-order valence-electron chi connectivity index (χ0n) is 22.3. The van der Waals surface area contributed by atoms with Crippen LogP contribution in [0.5, 0.6) is 5.75 Å². The van der Waals surface area contributed by atoms with E-state index in [0.29, 0.717) is 16.8 Å². The number of piperazine rings is 1. The van der Waals surface area contributed by atoms with Crippen LogP contribution in [-0.2, 0) is 13.0 Å². The van der Waals surface area contributed by atoms with Crippen molar-refractivity contribution in [3.63, 3.8) is 0 Å². The molecule has 0 bridgehead atoms. The summed E-state index contributed by atoms with van der Waals surface area (Å²) in [5.74, 6) is 1.51. The predicted molar refractivity (Wildman–Crippen MR) is 148 cm³/mol. The molecule has 8 heteroatoms. The Bertz CT molecular complexity index is 1420. The van der Waals surface area contributed by atoms with E-state index < -0.39 is 5.60 Å². The van der Waals surface area contributed by atoms with Gasteiger partial charge >= 0.3 is 0 Å². The van der Waals surface area contributed by atoms with Gasteiger partial charge in [0.15, 0.2) is 0 Å². The van der Waals surface area contributed by atoms with E-state index >= 15 is 0 Å². The smallest absolute Gasteiger partial charge is 0.138 e. The number of fused-ring (bicyclic) bond motifs is 1.